The topological polar surface area (TPSA) is 86.2 Å². The van der Waals surface area contributed by atoms with E-state index in [1.165, 1.54) is 23.9 Å². The van der Waals surface area contributed by atoms with Crippen LogP contribution in [0.2, 0.25) is 10.0 Å². The molecular weight excluding hydrogens is 491 g/mol. The van der Waals surface area contributed by atoms with Crippen LogP contribution in [0.25, 0.3) is 0 Å². The zero-order valence-electron chi connectivity index (χ0n) is 19.2. The lowest BCUT2D eigenvalue weighted by Crippen LogP contribution is -2.24. The maximum atomic E-state index is 12.5. The van der Waals surface area contributed by atoms with Gasteiger partial charge in [-0.15, -0.1) is 0 Å². The van der Waals surface area contributed by atoms with Crippen LogP contribution in [0.15, 0.2) is 65.8 Å². The number of carbonyl (C=O) groups is 2. The van der Waals surface area contributed by atoms with Crippen molar-refractivity contribution >= 4 is 41.3 Å². The van der Waals surface area contributed by atoms with Crippen LogP contribution in [0.4, 0.5) is 0 Å². The molecule has 0 aliphatic rings. The van der Waals surface area contributed by atoms with Crippen molar-refractivity contribution in [2.45, 2.75) is 20.3 Å². The molecule has 3 rings (SSSR count). The third kappa shape index (κ3) is 7.73. The van der Waals surface area contributed by atoms with Crippen molar-refractivity contribution in [2.24, 2.45) is 5.10 Å². The average Bonchev–Trinajstić information content (AvgIpc) is 2.84. The molecule has 0 aliphatic carbocycles. The Balaban J connectivity index is 1.59. The van der Waals surface area contributed by atoms with E-state index in [1.54, 1.807) is 31.2 Å². The van der Waals surface area contributed by atoms with Crippen LogP contribution in [0, 0.1) is 0 Å². The molecule has 0 aromatic heterocycles. The number of carbonyl (C=O) groups excluding carboxylic acids is 2. The fourth-order valence-electron chi connectivity index (χ4n) is 2.95. The Labute approximate surface area is 213 Å². The molecule has 0 aliphatic heterocycles. The molecule has 0 heterocycles. The highest BCUT2D eigenvalue weighted by Gasteiger charge is 2.16. The van der Waals surface area contributed by atoms with Gasteiger partial charge in [0.25, 0.3) is 5.91 Å². The number of esters is 1. The first-order valence-corrected chi connectivity index (χ1v) is 11.6. The molecule has 1 amide bonds. The highest BCUT2D eigenvalue weighted by molar-refractivity contribution is 6.36. The molecule has 0 unspecified atom stereocenters. The Morgan fingerprint density at radius 1 is 0.943 bits per heavy atom. The standard InChI is InChI=1S/C26H24Cl2N2O5/c1-3-17-5-9-20(10-6-17)34-16-25(31)30-29-15-18-7-12-23(24(13-18)33-4-2)35-26(32)21-11-8-19(27)14-22(21)28/h5-15H,3-4,16H2,1-2H3,(H,30,31). The largest absolute Gasteiger partial charge is 0.490 e. The Kier molecular flexibility index (Phi) is 9.52. The lowest BCUT2D eigenvalue weighted by molar-refractivity contribution is -0.123. The Hall–Kier alpha value is -3.55. The number of nitrogens with zero attached hydrogens (tertiary/aromatic N) is 1. The third-order valence-electron chi connectivity index (χ3n) is 4.73. The van der Waals surface area contributed by atoms with Crippen LogP contribution in [0.3, 0.4) is 0 Å². The molecule has 0 saturated carbocycles. The van der Waals surface area contributed by atoms with E-state index in [0.717, 1.165) is 6.42 Å². The molecule has 0 fully saturated rings. The van der Waals surface area contributed by atoms with E-state index in [4.69, 9.17) is 37.4 Å². The maximum Gasteiger partial charge on any atom is 0.345 e. The molecule has 0 radical (unpaired) electrons. The molecule has 0 bridgehead atoms. The molecule has 0 saturated heterocycles. The second-order valence-electron chi connectivity index (χ2n) is 7.23. The number of nitrogens with one attached hydrogen (secondary N) is 1. The smallest absolute Gasteiger partial charge is 0.345 e. The van der Waals surface area contributed by atoms with Crippen molar-refractivity contribution in [3.05, 3.63) is 87.4 Å². The van der Waals surface area contributed by atoms with Gasteiger partial charge in [-0.25, -0.2) is 10.2 Å². The minimum atomic E-state index is -0.648. The summed E-state index contributed by atoms with van der Waals surface area (Å²) in [5, 5.41) is 4.54. The molecule has 9 heteroatoms. The molecule has 35 heavy (non-hydrogen) atoms. The minimum absolute atomic E-state index is 0.171. The summed E-state index contributed by atoms with van der Waals surface area (Å²) in [7, 11) is 0. The summed E-state index contributed by atoms with van der Waals surface area (Å²) in [5.74, 6) is 0.0983. The first kappa shape index (κ1) is 26.1. The number of rotatable bonds is 10. The van der Waals surface area contributed by atoms with E-state index in [0.29, 0.717) is 28.7 Å². The summed E-state index contributed by atoms with van der Waals surface area (Å²) < 4.78 is 16.5. The fourth-order valence-corrected chi connectivity index (χ4v) is 3.43. The van der Waals surface area contributed by atoms with E-state index < -0.39 is 11.9 Å². The van der Waals surface area contributed by atoms with Crippen LogP contribution in [0.5, 0.6) is 17.2 Å². The predicted octanol–water partition coefficient (Wildman–Crippen LogP) is 5.70. The summed E-state index contributed by atoms with van der Waals surface area (Å²) in [6, 6.07) is 16.9. The van der Waals surface area contributed by atoms with Gasteiger partial charge in [-0.3, -0.25) is 4.79 Å². The van der Waals surface area contributed by atoms with Gasteiger partial charge in [0.05, 0.1) is 23.4 Å². The first-order chi connectivity index (χ1) is 16.9. The molecular formula is C26H24Cl2N2O5. The van der Waals surface area contributed by atoms with Crippen molar-refractivity contribution in [3.63, 3.8) is 0 Å². The number of hydrogen-bond acceptors (Lipinski definition) is 6. The zero-order chi connectivity index (χ0) is 25.2. The van der Waals surface area contributed by atoms with Gasteiger partial charge < -0.3 is 14.2 Å². The van der Waals surface area contributed by atoms with Crippen molar-refractivity contribution in [1.82, 2.24) is 5.43 Å². The van der Waals surface area contributed by atoms with Gasteiger partial charge in [-0.1, -0.05) is 42.3 Å². The predicted molar refractivity (Wildman–Crippen MR) is 136 cm³/mol. The number of hydrogen-bond donors (Lipinski definition) is 1. The molecule has 1 N–H and O–H groups in total. The van der Waals surface area contributed by atoms with Crippen LogP contribution in [-0.2, 0) is 11.2 Å². The fraction of sp³-hybridized carbons (Fsp3) is 0.192. The molecule has 0 spiro atoms. The van der Waals surface area contributed by atoms with Gasteiger partial charge in [-0.05, 0) is 73.0 Å². The maximum absolute atomic E-state index is 12.5. The summed E-state index contributed by atoms with van der Waals surface area (Å²) in [6.45, 7) is 4.05. The Morgan fingerprint density at radius 3 is 2.40 bits per heavy atom. The van der Waals surface area contributed by atoms with Crippen molar-refractivity contribution in [1.29, 1.82) is 0 Å². The Bertz CT molecular complexity index is 1210. The minimum Gasteiger partial charge on any atom is -0.490 e. The molecule has 3 aromatic carbocycles. The Morgan fingerprint density at radius 2 is 1.71 bits per heavy atom. The van der Waals surface area contributed by atoms with E-state index in [9.17, 15) is 9.59 Å². The number of halogens is 2. The normalized spacial score (nSPS) is 10.7. The second-order valence-corrected chi connectivity index (χ2v) is 8.08. The lowest BCUT2D eigenvalue weighted by atomic mass is 10.2. The summed E-state index contributed by atoms with van der Waals surface area (Å²) in [6.07, 6.45) is 2.37. The number of hydrazone groups is 1. The van der Waals surface area contributed by atoms with Crippen molar-refractivity contribution in [2.75, 3.05) is 13.2 Å². The van der Waals surface area contributed by atoms with Gasteiger partial charge in [0, 0.05) is 5.02 Å². The third-order valence-corrected chi connectivity index (χ3v) is 5.27. The highest BCUT2D eigenvalue weighted by Crippen LogP contribution is 2.30. The number of aryl methyl sites for hydroxylation is 1. The molecule has 7 nitrogen and oxygen atoms in total. The van der Waals surface area contributed by atoms with E-state index in [-0.39, 0.29) is 22.9 Å². The van der Waals surface area contributed by atoms with Crippen LogP contribution < -0.4 is 19.6 Å². The zero-order valence-corrected chi connectivity index (χ0v) is 20.7. The summed E-state index contributed by atoms with van der Waals surface area (Å²) in [4.78, 5) is 24.5. The van der Waals surface area contributed by atoms with E-state index in [1.807, 2.05) is 24.3 Å². The molecule has 0 atom stereocenters. The lowest BCUT2D eigenvalue weighted by Gasteiger charge is -2.12. The quantitative estimate of drug-likeness (QED) is 0.162. The summed E-state index contributed by atoms with van der Waals surface area (Å²) >= 11 is 12.0. The molecule has 3 aromatic rings. The van der Waals surface area contributed by atoms with Gasteiger partial charge in [0.2, 0.25) is 0 Å². The molecule has 182 valence electrons. The number of ether oxygens (including phenoxy) is 3. The SMILES string of the molecule is CCOc1cc(C=NNC(=O)COc2ccc(CC)cc2)ccc1OC(=O)c1ccc(Cl)cc1Cl. The highest BCUT2D eigenvalue weighted by atomic mass is 35.5. The average molecular weight is 515 g/mol. The first-order valence-electron chi connectivity index (χ1n) is 10.9. The van der Waals surface area contributed by atoms with Crippen molar-refractivity contribution in [3.8, 4) is 17.2 Å². The monoisotopic (exact) mass is 514 g/mol. The van der Waals surface area contributed by atoms with Gasteiger partial charge in [0.15, 0.2) is 18.1 Å². The van der Waals surface area contributed by atoms with Gasteiger partial charge in [-0.2, -0.15) is 5.10 Å². The van der Waals surface area contributed by atoms with E-state index >= 15 is 0 Å². The number of benzene rings is 3. The van der Waals surface area contributed by atoms with Crippen molar-refractivity contribution < 1.29 is 23.8 Å². The van der Waals surface area contributed by atoms with Gasteiger partial charge in [0.1, 0.15) is 5.75 Å². The van der Waals surface area contributed by atoms with Gasteiger partial charge >= 0.3 is 5.97 Å². The number of amides is 1. The second kappa shape index (κ2) is 12.8. The van der Waals surface area contributed by atoms with Crippen LogP contribution >= 0.6 is 23.2 Å². The van der Waals surface area contributed by atoms with Crippen LogP contribution in [0.1, 0.15) is 35.3 Å². The van der Waals surface area contributed by atoms with E-state index in [2.05, 4.69) is 17.5 Å². The summed E-state index contributed by atoms with van der Waals surface area (Å²) in [5.41, 5.74) is 4.39. The van der Waals surface area contributed by atoms with Crippen LogP contribution in [-0.4, -0.2) is 31.3 Å².